The molecule has 0 aliphatic heterocycles. The van der Waals surface area contributed by atoms with Crippen molar-refractivity contribution in [3.8, 4) is 0 Å². The second-order valence-electron chi connectivity index (χ2n) is 5.88. The molecule has 0 amide bonds. The highest BCUT2D eigenvalue weighted by atomic mass is 16.7. The van der Waals surface area contributed by atoms with Gasteiger partial charge in [-0.25, -0.2) is 0 Å². The van der Waals surface area contributed by atoms with Crippen LogP contribution in [0.15, 0.2) is 24.3 Å². The maximum Gasteiger partial charge on any atom is 0.183 e. The number of unbranched alkanes of at least 4 members (excludes halogenated alkanes) is 2. The van der Waals surface area contributed by atoms with Gasteiger partial charge in [0.1, 0.15) is 0 Å². The number of benzene rings is 1. The van der Waals surface area contributed by atoms with E-state index in [1.165, 1.54) is 5.56 Å². The molecule has 0 fully saturated rings. The molecule has 0 unspecified atom stereocenters. The summed E-state index contributed by atoms with van der Waals surface area (Å²) in [6.07, 6.45) is 4.39. The summed E-state index contributed by atoms with van der Waals surface area (Å²) >= 11 is 0. The van der Waals surface area contributed by atoms with Crippen LogP contribution in [0.2, 0.25) is 0 Å². The van der Waals surface area contributed by atoms with E-state index in [4.69, 9.17) is 14.2 Å². The Bertz CT molecular complexity index is 363. The van der Waals surface area contributed by atoms with Gasteiger partial charge in [-0.05, 0) is 32.3 Å². The summed E-state index contributed by atoms with van der Waals surface area (Å²) in [5, 5.41) is 0. The van der Waals surface area contributed by atoms with Gasteiger partial charge in [0.15, 0.2) is 6.29 Å². The molecule has 3 nitrogen and oxygen atoms in total. The Balaban J connectivity index is 2.58. The van der Waals surface area contributed by atoms with Gasteiger partial charge in [0.2, 0.25) is 0 Å². The van der Waals surface area contributed by atoms with Gasteiger partial charge in [-0.3, -0.25) is 0 Å². The number of ether oxygens (including phenoxy) is 3. The number of rotatable bonds is 12. The fourth-order valence-electron chi connectivity index (χ4n) is 1.94. The van der Waals surface area contributed by atoms with E-state index < -0.39 is 0 Å². The molecule has 0 aliphatic rings. The molecule has 0 atom stereocenters. The first kappa shape index (κ1) is 19.1. The molecule has 0 bridgehead atoms. The molecular weight excluding hydrogens is 276 g/mol. The van der Waals surface area contributed by atoms with E-state index in [2.05, 4.69) is 38.1 Å². The Labute approximate surface area is 136 Å². The van der Waals surface area contributed by atoms with Gasteiger partial charge in [-0.1, -0.05) is 51.0 Å². The monoisotopic (exact) mass is 308 g/mol. The van der Waals surface area contributed by atoms with Crippen molar-refractivity contribution in [2.45, 2.75) is 72.4 Å². The van der Waals surface area contributed by atoms with Crippen molar-refractivity contribution >= 4 is 0 Å². The highest BCUT2D eigenvalue weighted by Crippen LogP contribution is 2.21. The van der Waals surface area contributed by atoms with Crippen LogP contribution in [-0.2, 0) is 20.8 Å². The lowest BCUT2D eigenvalue weighted by molar-refractivity contribution is -0.148. The zero-order chi connectivity index (χ0) is 16.2. The summed E-state index contributed by atoms with van der Waals surface area (Å²) < 4.78 is 17.4. The third kappa shape index (κ3) is 7.92. The van der Waals surface area contributed by atoms with Crippen molar-refractivity contribution in [1.82, 2.24) is 0 Å². The predicted octanol–water partition coefficient (Wildman–Crippen LogP) is 5.24. The molecule has 0 saturated carbocycles. The minimum Gasteiger partial charge on any atom is -0.374 e. The summed E-state index contributed by atoms with van der Waals surface area (Å²) in [4.78, 5) is 0. The fourth-order valence-corrected chi connectivity index (χ4v) is 1.94. The Morgan fingerprint density at radius 3 is 1.82 bits per heavy atom. The fraction of sp³-hybridized carbons (Fsp3) is 0.684. The van der Waals surface area contributed by atoms with E-state index in [1.807, 2.05) is 13.8 Å². The van der Waals surface area contributed by atoms with E-state index in [-0.39, 0.29) is 12.4 Å². The lowest BCUT2D eigenvalue weighted by atomic mass is 10.1. The van der Waals surface area contributed by atoms with E-state index in [0.29, 0.717) is 6.61 Å². The molecule has 1 aromatic rings. The molecule has 0 aromatic heterocycles. The first-order valence-electron chi connectivity index (χ1n) is 8.61. The van der Waals surface area contributed by atoms with Crippen molar-refractivity contribution in [2.24, 2.45) is 0 Å². The lowest BCUT2D eigenvalue weighted by Crippen LogP contribution is -2.11. The third-order valence-electron chi connectivity index (χ3n) is 3.37. The Hall–Kier alpha value is -0.900. The first-order valence-corrected chi connectivity index (χ1v) is 8.61. The van der Waals surface area contributed by atoms with Gasteiger partial charge in [-0.15, -0.1) is 0 Å². The summed E-state index contributed by atoms with van der Waals surface area (Å²) in [7, 11) is 0. The molecule has 0 heterocycles. The summed E-state index contributed by atoms with van der Waals surface area (Å²) in [6.45, 7) is 10.6. The van der Waals surface area contributed by atoms with Crippen LogP contribution >= 0.6 is 0 Å². The van der Waals surface area contributed by atoms with Gasteiger partial charge >= 0.3 is 0 Å². The average Bonchev–Trinajstić information content (AvgIpc) is 2.52. The van der Waals surface area contributed by atoms with Crippen molar-refractivity contribution < 1.29 is 14.2 Å². The van der Waals surface area contributed by atoms with Crippen LogP contribution in [0.5, 0.6) is 0 Å². The molecule has 3 heteroatoms. The maximum atomic E-state index is 5.90. The van der Waals surface area contributed by atoms with Crippen LogP contribution in [0, 0.1) is 0 Å². The Morgan fingerprint density at radius 2 is 1.36 bits per heavy atom. The number of hydrogen-bond donors (Lipinski definition) is 0. The van der Waals surface area contributed by atoms with Crippen molar-refractivity contribution in [1.29, 1.82) is 0 Å². The summed E-state index contributed by atoms with van der Waals surface area (Å²) in [5.41, 5.74) is 2.26. The number of hydrogen-bond acceptors (Lipinski definition) is 3. The van der Waals surface area contributed by atoms with E-state index >= 15 is 0 Å². The van der Waals surface area contributed by atoms with Gasteiger partial charge < -0.3 is 14.2 Å². The smallest absolute Gasteiger partial charge is 0.183 e. The van der Waals surface area contributed by atoms with Crippen LogP contribution in [0.4, 0.5) is 0 Å². The van der Waals surface area contributed by atoms with Gasteiger partial charge in [0.05, 0.1) is 25.9 Å². The second-order valence-corrected chi connectivity index (χ2v) is 5.88. The molecule has 0 radical (unpaired) electrons. The van der Waals surface area contributed by atoms with Crippen molar-refractivity contribution in [2.75, 3.05) is 13.2 Å². The van der Waals surface area contributed by atoms with E-state index in [9.17, 15) is 0 Å². The van der Waals surface area contributed by atoms with Crippen LogP contribution in [-0.4, -0.2) is 19.3 Å². The zero-order valence-corrected chi connectivity index (χ0v) is 14.6. The normalized spacial score (nSPS) is 11.5. The minimum atomic E-state index is -0.252. The maximum absolute atomic E-state index is 5.90. The molecule has 0 spiro atoms. The van der Waals surface area contributed by atoms with Crippen LogP contribution in [0.1, 0.15) is 70.8 Å². The summed E-state index contributed by atoms with van der Waals surface area (Å²) in [6, 6.07) is 8.36. The van der Waals surface area contributed by atoms with Gasteiger partial charge in [-0.2, -0.15) is 0 Å². The van der Waals surface area contributed by atoms with E-state index in [1.54, 1.807) is 0 Å². The third-order valence-corrected chi connectivity index (χ3v) is 3.37. The minimum absolute atomic E-state index is 0.252. The van der Waals surface area contributed by atoms with Crippen LogP contribution in [0.3, 0.4) is 0 Å². The van der Waals surface area contributed by atoms with Gasteiger partial charge in [0.25, 0.3) is 0 Å². The van der Waals surface area contributed by atoms with Gasteiger partial charge in [0, 0.05) is 5.56 Å². The molecule has 0 saturated heterocycles. The standard InChI is InChI=1S/C19H32O3/c1-5-7-13-20-19(21-14-8-6-2)18-11-9-17(10-12-18)15-22-16(3)4/h9-12,16,19H,5-8,13-15H2,1-4H3. The van der Waals surface area contributed by atoms with Crippen LogP contribution < -0.4 is 0 Å². The van der Waals surface area contributed by atoms with Crippen molar-refractivity contribution in [3.63, 3.8) is 0 Å². The summed E-state index contributed by atoms with van der Waals surface area (Å²) in [5.74, 6) is 0. The molecule has 22 heavy (non-hydrogen) atoms. The topological polar surface area (TPSA) is 27.7 Å². The molecule has 1 rings (SSSR count). The highest BCUT2D eigenvalue weighted by molar-refractivity contribution is 5.23. The molecule has 126 valence electrons. The Morgan fingerprint density at radius 1 is 0.818 bits per heavy atom. The average molecular weight is 308 g/mol. The quantitative estimate of drug-likeness (QED) is 0.390. The zero-order valence-electron chi connectivity index (χ0n) is 14.6. The van der Waals surface area contributed by atoms with Crippen molar-refractivity contribution in [3.05, 3.63) is 35.4 Å². The molecular formula is C19H32O3. The van der Waals surface area contributed by atoms with E-state index in [0.717, 1.165) is 44.5 Å². The second kappa shape index (κ2) is 11.6. The predicted molar refractivity (Wildman–Crippen MR) is 90.8 cm³/mol. The lowest BCUT2D eigenvalue weighted by Gasteiger charge is -2.19. The molecule has 0 aliphatic carbocycles. The van der Waals surface area contributed by atoms with Crippen LogP contribution in [0.25, 0.3) is 0 Å². The molecule has 1 aromatic carbocycles. The molecule has 0 N–H and O–H groups in total. The SMILES string of the molecule is CCCCOC(OCCCC)c1ccc(COC(C)C)cc1. The highest BCUT2D eigenvalue weighted by Gasteiger charge is 2.12. The largest absolute Gasteiger partial charge is 0.374 e. The first-order chi connectivity index (χ1) is 10.7. The Kier molecular flexibility index (Phi) is 10.1.